The zero-order valence-corrected chi connectivity index (χ0v) is 17.8. The van der Waals surface area contributed by atoms with Crippen LogP contribution in [-0.2, 0) is 13.2 Å². The zero-order chi connectivity index (χ0) is 23.4. The lowest BCUT2D eigenvalue weighted by Crippen LogP contribution is -2.13. The third kappa shape index (κ3) is 5.53. The number of carbonyl (C=O) groups excluding carboxylic acids is 1. The molecule has 0 spiro atoms. The number of hydrogen-bond acceptors (Lipinski definition) is 3. The molecule has 4 rings (SSSR count). The van der Waals surface area contributed by atoms with Crippen LogP contribution in [0.4, 0.5) is 19.0 Å². The lowest BCUT2D eigenvalue weighted by atomic mass is 10.1. The summed E-state index contributed by atoms with van der Waals surface area (Å²) in [5.41, 5.74) is 1.33. The van der Waals surface area contributed by atoms with Gasteiger partial charge in [0.05, 0.1) is 6.54 Å². The number of ether oxygens (including phenoxy) is 1. The quantitative estimate of drug-likeness (QED) is 0.369. The predicted molar refractivity (Wildman–Crippen MR) is 118 cm³/mol. The molecule has 1 amide bonds. The van der Waals surface area contributed by atoms with E-state index in [4.69, 9.17) is 16.3 Å². The summed E-state index contributed by atoms with van der Waals surface area (Å²) in [7, 11) is 0. The molecule has 168 valence electrons. The Morgan fingerprint density at radius 2 is 1.82 bits per heavy atom. The summed E-state index contributed by atoms with van der Waals surface area (Å²) in [4.78, 5) is 12.7. The summed E-state index contributed by atoms with van der Waals surface area (Å²) in [6.45, 7) is 0.122. The molecule has 0 atom stereocenters. The Balaban J connectivity index is 1.42. The highest BCUT2D eigenvalue weighted by Gasteiger charge is 2.14. The zero-order valence-electron chi connectivity index (χ0n) is 17.1. The van der Waals surface area contributed by atoms with Crippen LogP contribution in [0.1, 0.15) is 21.5 Å². The van der Waals surface area contributed by atoms with Gasteiger partial charge in [0.2, 0.25) is 0 Å². The second-order valence-electron chi connectivity index (χ2n) is 7.13. The van der Waals surface area contributed by atoms with Crippen molar-refractivity contribution in [3.05, 3.63) is 112 Å². The largest absolute Gasteiger partial charge is 0.486 e. The van der Waals surface area contributed by atoms with Crippen molar-refractivity contribution in [1.29, 1.82) is 0 Å². The van der Waals surface area contributed by atoms with Gasteiger partial charge in [0.15, 0.2) is 17.4 Å². The van der Waals surface area contributed by atoms with Gasteiger partial charge in [-0.2, -0.15) is 5.10 Å². The Hall–Kier alpha value is -3.78. The van der Waals surface area contributed by atoms with E-state index in [2.05, 4.69) is 10.4 Å². The first-order valence-corrected chi connectivity index (χ1v) is 10.2. The SMILES string of the molecule is O=C(Nc1nn(Cc2ccccc2F)cc1Cl)c1cccc(COc2ccc(F)cc2F)c1. The fourth-order valence-corrected chi connectivity index (χ4v) is 3.30. The first-order chi connectivity index (χ1) is 15.9. The third-order valence-corrected chi connectivity index (χ3v) is 4.99. The van der Waals surface area contributed by atoms with Gasteiger partial charge in [0.25, 0.3) is 5.91 Å². The van der Waals surface area contributed by atoms with E-state index in [1.807, 2.05) is 0 Å². The third-order valence-electron chi connectivity index (χ3n) is 4.72. The van der Waals surface area contributed by atoms with Crippen LogP contribution in [0, 0.1) is 17.5 Å². The second-order valence-corrected chi connectivity index (χ2v) is 7.54. The van der Waals surface area contributed by atoms with Crippen molar-refractivity contribution in [2.24, 2.45) is 0 Å². The average Bonchev–Trinajstić information content (AvgIpc) is 3.13. The van der Waals surface area contributed by atoms with Gasteiger partial charge in [0, 0.05) is 23.4 Å². The Morgan fingerprint density at radius 1 is 1.00 bits per heavy atom. The molecule has 9 heteroatoms. The van der Waals surface area contributed by atoms with Crippen LogP contribution in [0.2, 0.25) is 5.02 Å². The summed E-state index contributed by atoms with van der Waals surface area (Å²) >= 11 is 6.18. The van der Waals surface area contributed by atoms with Crippen LogP contribution in [0.3, 0.4) is 0 Å². The molecular formula is C24H17ClF3N3O2. The smallest absolute Gasteiger partial charge is 0.256 e. The molecule has 0 bridgehead atoms. The molecule has 5 nitrogen and oxygen atoms in total. The molecule has 0 saturated heterocycles. The van der Waals surface area contributed by atoms with Crippen molar-refractivity contribution in [2.75, 3.05) is 5.32 Å². The molecule has 1 aromatic heterocycles. The van der Waals surface area contributed by atoms with Crippen molar-refractivity contribution >= 4 is 23.3 Å². The van der Waals surface area contributed by atoms with E-state index in [9.17, 15) is 18.0 Å². The van der Waals surface area contributed by atoms with E-state index >= 15 is 0 Å². The number of nitrogens with zero attached hydrogens (tertiary/aromatic N) is 2. The molecule has 1 N–H and O–H groups in total. The highest BCUT2D eigenvalue weighted by molar-refractivity contribution is 6.33. The molecule has 0 radical (unpaired) electrons. The molecule has 33 heavy (non-hydrogen) atoms. The number of rotatable bonds is 7. The molecule has 1 heterocycles. The number of aromatic nitrogens is 2. The van der Waals surface area contributed by atoms with Crippen LogP contribution in [0.5, 0.6) is 5.75 Å². The maximum Gasteiger partial charge on any atom is 0.256 e. The number of anilines is 1. The molecule has 4 aromatic rings. The minimum Gasteiger partial charge on any atom is -0.486 e. The van der Waals surface area contributed by atoms with Gasteiger partial charge in [-0.25, -0.2) is 13.2 Å². The topological polar surface area (TPSA) is 56.2 Å². The molecule has 0 aliphatic rings. The molecule has 0 aliphatic carbocycles. The second kappa shape index (κ2) is 9.79. The summed E-state index contributed by atoms with van der Waals surface area (Å²) < 4.78 is 47.4. The van der Waals surface area contributed by atoms with Crippen molar-refractivity contribution in [3.63, 3.8) is 0 Å². The van der Waals surface area contributed by atoms with Gasteiger partial charge in [-0.1, -0.05) is 41.9 Å². The number of amides is 1. The van der Waals surface area contributed by atoms with Crippen molar-refractivity contribution in [3.8, 4) is 5.75 Å². The van der Waals surface area contributed by atoms with Gasteiger partial charge in [0.1, 0.15) is 23.3 Å². The Bertz CT molecular complexity index is 1310. The molecule has 0 fully saturated rings. The lowest BCUT2D eigenvalue weighted by Gasteiger charge is -2.09. The summed E-state index contributed by atoms with van der Waals surface area (Å²) in [5, 5.41) is 7.04. The fourth-order valence-electron chi connectivity index (χ4n) is 3.10. The standard InChI is InChI=1S/C24H17ClF3N3O2/c25-19-13-31(12-17-5-1-2-7-20(17)27)30-23(19)29-24(32)16-6-3-4-15(10-16)14-33-22-9-8-18(26)11-21(22)28/h1-11,13H,12,14H2,(H,29,30,32). The monoisotopic (exact) mass is 471 g/mol. The average molecular weight is 472 g/mol. The Labute approximate surface area is 192 Å². The van der Waals surface area contributed by atoms with E-state index in [0.717, 1.165) is 12.1 Å². The summed E-state index contributed by atoms with van der Waals surface area (Å²) in [6, 6.07) is 15.8. The van der Waals surface area contributed by atoms with Crippen molar-refractivity contribution in [2.45, 2.75) is 13.2 Å². The normalized spacial score (nSPS) is 10.8. The predicted octanol–water partition coefficient (Wildman–Crippen LogP) is 5.83. The van der Waals surface area contributed by atoms with E-state index in [1.165, 1.54) is 23.0 Å². The van der Waals surface area contributed by atoms with Crippen LogP contribution in [0.15, 0.2) is 72.9 Å². The van der Waals surface area contributed by atoms with Crippen molar-refractivity contribution < 1.29 is 22.7 Å². The molecule has 3 aromatic carbocycles. The summed E-state index contributed by atoms with van der Waals surface area (Å²) in [5.74, 6) is -2.32. The van der Waals surface area contributed by atoms with Crippen LogP contribution in [-0.4, -0.2) is 15.7 Å². The van der Waals surface area contributed by atoms with E-state index in [-0.39, 0.29) is 35.6 Å². The highest BCUT2D eigenvalue weighted by atomic mass is 35.5. The van der Waals surface area contributed by atoms with Crippen LogP contribution < -0.4 is 10.1 Å². The number of hydrogen-bond donors (Lipinski definition) is 1. The van der Waals surface area contributed by atoms with E-state index in [1.54, 1.807) is 42.5 Å². The maximum absolute atomic E-state index is 13.9. The van der Waals surface area contributed by atoms with E-state index < -0.39 is 17.5 Å². The minimum absolute atomic E-state index is 0.0261. The Kier molecular flexibility index (Phi) is 6.65. The van der Waals surface area contributed by atoms with E-state index in [0.29, 0.717) is 16.7 Å². The molecule has 0 saturated carbocycles. The number of carbonyl (C=O) groups is 1. The molecule has 0 unspecified atom stereocenters. The first kappa shape index (κ1) is 22.4. The first-order valence-electron chi connectivity index (χ1n) is 9.83. The fraction of sp³-hybridized carbons (Fsp3) is 0.0833. The number of benzene rings is 3. The minimum atomic E-state index is -0.815. The lowest BCUT2D eigenvalue weighted by molar-refractivity contribution is 0.102. The van der Waals surface area contributed by atoms with Gasteiger partial charge in [-0.3, -0.25) is 9.48 Å². The van der Waals surface area contributed by atoms with Crippen molar-refractivity contribution in [1.82, 2.24) is 9.78 Å². The van der Waals surface area contributed by atoms with Gasteiger partial charge in [-0.15, -0.1) is 0 Å². The Morgan fingerprint density at radius 3 is 2.61 bits per heavy atom. The van der Waals surface area contributed by atoms with Gasteiger partial charge >= 0.3 is 0 Å². The van der Waals surface area contributed by atoms with Crippen LogP contribution in [0.25, 0.3) is 0 Å². The molecule has 0 aliphatic heterocycles. The highest BCUT2D eigenvalue weighted by Crippen LogP contribution is 2.22. The van der Waals surface area contributed by atoms with Gasteiger partial charge < -0.3 is 10.1 Å². The molecular weight excluding hydrogens is 455 g/mol. The number of nitrogens with one attached hydrogen (secondary N) is 1. The van der Waals surface area contributed by atoms with Crippen LogP contribution >= 0.6 is 11.6 Å². The summed E-state index contributed by atoms with van der Waals surface area (Å²) in [6.07, 6.45) is 1.49. The number of halogens is 4. The van der Waals surface area contributed by atoms with Gasteiger partial charge in [-0.05, 0) is 35.9 Å². The maximum atomic E-state index is 13.9.